The van der Waals surface area contributed by atoms with E-state index in [1.807, 2.05) is 18.2 Å². The molecule has 1 aromatic rings. The van der Waals surface area contributed by atoms with Gasteiger partial charge in [-0.05, 0) is 12.1 Å². The standard InChI is InChI=1S/C13H20BrClOSi/c1-13(2,3)17(4,5)16-12-8-11(15)7-6-10(12)9-14/h6-8H,9H2,1-5H3/q-1. The van der Waals surface area contributed by atoms with Crippen molar-refractivity contribution < 1.29 is 4.43 Å². The van der Waals surface area contributed by atoms with Crippen LogP contribution >= 0.6 is 27.5 Å². The third-order valence-electron chi connectivity index (χ3n) is 3.34. The van der Waals surface area contributed by atoms with Crippen molar-refractivity contribution in [2.24, 2.45) is 0 Å². The van der Waals surface area contributed by atoms with Crippen LogP contribution in [-0.4, -0.2) is 8.32 Å². The minimum absolute atomic E-state index is 0.193. The summed E-state index contributed by atoms with van der Waals surface area (Å²) in [7, 11) is -1.80. The van der Waals surface area contributed by atoms with Crippen LogP contribution < -0.4 is 4.43 Å². The maximum absolute atomic E-state index is 6.29. The second-order valence-corrected chi connectivity index (χ2v) is 11.5. The van der Waals surface area contributed by atoms with E-state index < -0.39 is 8.32 Å². The van der Waals surface area contributed by atoms with E-state index in [-0.39, 0.29) is 5.04 Å². The lowest BCUT2D eigenvalue weighted by atomic mass is 10.2. The first-order valence-electron chi connectivity index (χ1n) is 5.71. The largest absolute Gasteiger partial charge is 0.689 e. The maximum Gasteiger partial charge on any atom is 0.0779 e. The fraction of sp³-hybridized carbons (Fsp3) is 0.538. The van der Waals surface area contributed by atoms with Gasteiger partial charge in [0.05, 0.1) is 5.75 Å². The second kappa shape index (κ2) is 5.33. The molecule has 0 aliphatic heterocycles. The van der Waals surface area contributed by atoms with E-state index >= 15 is 0 Å². The summed E-state index contributed by atoms with van der Waals surface area (Å²) in [5.41, 5.74) is 1.15. The van der Waals surface area contributed by atoms with Crippen LogP contribution in [-0.2, 0) is 5.33 Å². The van der Waals surface area contributed by atoms with Crippen molar-refractivity contribution in [2.45, 2.75) is 44.2 Å². The first-order valence-corrected chi connectivity index (χ1v) is 10.1. The minimum Gasteiger partial charge on any atom is -0.689 e. The van der Waals surface area contributed by atoms with Crippen LogP contribution in [0.4, 0.5) is 0 Å². The highest BCUT2D eigenvalue weighted by Gasteiger charge is 2.26. The smallest absolute Gasteiger partial charge is 0.0779 e. The first kappa shape index (κ1) is 15.1. The van der Waals surface area contributed by atoms with Gasteiger partial charge >= 0.3 is 0 Å². The number of hydrogen-bond acceptors (Lipinski definition) is 1. The normalized spacial score (nSPS) is 12.6. The molecule has 0 aromatic heterocycles. The van der Waals surface area contributed by atoms with Crippen molar-refractivity contribution in [1.29, 1.82) is 0 Å². The Hall–Kier alpha value is 0.00688. The molecule has 4 heteroatoms. The summed E-state index contributed by atoms with van der Waals surface area (Å²) in [5.74, 6) is 0.918. The van der Waals surface area contributed by atoms with Gasteiger partial charge in [0.15, 0.2) is 0 Å². The molecule has 0 amide bonds. The van der Waals surface area contributed by atoms with E-state index in [9.17, 15) is 0 Å². The van der Waals surface area contributed by atoms with Crippen LogP contribution in [0.2, 0.25) is 23.2 Å². The van der Waals surface area contributed by atoms with Gasteiger partial charge in [0.1, 0.15) is 0 Å². The predicted molar refractivity (Wildman–Crippen MR) is 81.9 cm³/mol. The summed E-state index contributed by atoms with van der Waals surface area (Å²) in [6, 6.07) is 5.83. The van der Waals surface area contributed by atoms with Crippen molar-refractivity contribution >= 4 is 35.8 Å². The lowest BCUT2D eigenvalue weighted by Gasteiger charge is -2.49. The second-order valence-electron chi connectivity index (χ2n) is 5.75. The molecule has 1 nitrogen and oxygen atoms in total. The topological polar surface area (TPSA) is 9.23 Å². The zero-order valence-corrected chi connectivity index (χ0v) is 14.4. The molecule has 0 unspecified atom stereocenters. The van der Waals surface area contributed by atoms with Gasteiger partial charge in [-0.1, -0.05) is 54.4 Å². The zero-order valence-electron chi connectivity index (χ0n) is 11.1. The maximum atomic E-state index is 6.29. The van der Waals surface area contributed by atoms with Crippen LogP contribution in [0.1, 0.15) is 26.3 Å². The van der Waals surface area contributed by atoms with Crippen LogP contribution in [0.5, 0.6) is 5.75 Å². The fourth-order valence-corrected chi connectivity index (χ4v) is 2.83. The van der Waals surface area contributed by atoms with E-state index in [2.05, 4.69) is 49.8 Å². The molecule has 0 fully saturated rings. The monoisotopic (exact) mass is 334 g/mol. The molecule has 0 N–H and O–H groups in total. The lowest BCUT2D eigenvalue weighted by Crippen LogP contribution is -2.44. The van der Waals surface area contributed by atoms with Crippen molar-refractivity contribution in [1.82, 2.24) is 0 Å². The quantitative estimate of drug-likeness (QED) is 0.514. The van der Waals surface area contributed by atoms with Crippen molar-refractivity contribution in [3.05, 3.63) is 28.8 Å². The number of benzene rings is 1. The highest BCUT2D eigenvalue weighted by molar-refractivity contribution is 9.08. The molecule has 0 saturated carbocycles. The molecule has 0 saturated heterocycles. The summed E-state index contributed by atoms with van der Waals surface area (Å²) in [5, 5.41) is 1.70. The van der Waals surface area contributed by atoms with E-state index in [0.29, 0.717) is 0 Å². The van der Waals surface area contributed by atoms with Crippen LogP contribution in [0, 0.1) is 0 Å². The Morgan fingerprint density at radius 2 is 1.88 bits per heavy atom. The molecule has 0 aliphatic rings. The fourth-order valence-electron chi connectivity index (χ4n) is 1.16. The molecular weight excluding hydrogens is 316 g/mol. The Morgan fingerprint density at radius 1 is 1.29 bits per heavy atom. The van der Waals surface area contributed by atoms with Gasteiger partial charge in [0, 0.05) is 24.2 Å². The zero-order chi connectivity index (χ0) is 13.3. The molecule has 0 aliphatic carbocycles. The number of hydrogen-bond donors (Lipinski definition) is 0. The highest BCUT2D eigenvalue weighted by Crippen LogP contribution is 2.39. The molecule has 97 valence electrons. The van der Waals surface area contributed by atoms with Gasteiger partial charge in [-0.25, -0.2) is 0 Å². The molecule has 0 bridgehead atoms. The lowest BCUT2D eigenvalue weighted by molar-refractivity contribution is 0.489. The molecule has 0 spiro atoms. The Labute approximate surface area is 119 Å². The summed E-state index contributed by atoms with van der Waals surface area (Å²) in [6.45, 7) is 11.2. The molecule has 0 radical (unpaired) electrons. The van der Waals surface area contributed by atoms with Crippen molar-refractivity contribution in [3.8, 4) is 5.75 Å². The molecule has 1 rings (SSSR count). The number of rotatable bonds is 3. The van der Waals surface area contributed by atoms with E-state index in [1.54, 1.807) is 0 Å². The van der Waals surface area contributed by atoms with Gasteiger partial charge in [-0.3, -0.25) is 0 Å². The Balaban J connectivity index is 3.06. The third kappa shape index (κ3) is 3.73. The van der Waals surface area contributed by atoms with Gasteiger partial charge < -0.3 is 4.43 Å². The first-order chi connectivity index (χ1) is 7.67. The predicted octanol–water partition coefficient (Wildman–Crippen LogP) is 5.62. The average molecular weight is 336 g/mol. The Bertz CT molecular complexity index is 399. The van der Waals surface area contributed by atoms with Gasteiger partial charge in [-0.2, -0.15) is 0 Å². The third-order valence-corrected chi connectivity index (χ3v) is 8.53. The van der Waals surface area contributed by atoms with Crippen molar-refractivity contribution in [3.63, 3.8) is 0 Å². The highest BCUT2D eigenvalue weighted by atomic mass is 79.9. The Morgan fingerprint density at radius 3 is 2.35 bits per heavy atom. The molecule has 0 atom stereocenters. The van der Waals surface area contributed by atoms with Crippen LogP contribution in [0.15, 0.2) is 18.2 Å². The Kier molecular flexibility index (Phi) is 4.72. The van der Waals surface area contributed by atoms with Crippen LogP contribution in [0.25, 0.3) is 0 Å². The summed E-state index contributed by atoms with van der Waals surface area (Å²) >= 11 is 9.52. The summed E-state index contributed by atoms with van der Waals surface area (Å²) in [4.78, 5) is 0. The summed E-state index contributed by atoms with van der Waals surface area (Å²) in [6.07, 6.45) is 0. The van der Waals surface area contributed by atoms with Gasteiger partial charge in [0.25, 0.3) is 0 Å². The van der Waals surface area contributed by atoms with Gasteiger partial charge in [-0.15, -0.1) is 18.1 Å². The van der Waals surface area contributed by atoms with Crippen molar-refractivity contribution in [2.75, 3.05) is 0 Å². The van der Waals surface area contributed by atoms with E-state index in [4.69, 9.17) is 16.0 Å². The summed E-state index contributed by atoms with van der Waals surface area (Å²) < 4.78 is 6.29. The number of alkyl halides is 1. The molecular formula is C13H20BrClOSi-. The molecule has 17 heavy (non-hydrogen) atoms. The molecule has 1 aromatic carbocycles. The van der Waals surface area contributed by atoms with Gasteiger partial charge in [0.2, 0.25) is 0 Å². The SMILES string of the molecule is CC(C)(C)[Si-](C)(C)Oc1cc(Cl)ccc1CBr. The number of halogens is 2. The van der Waals surface area contributed by atoms with Crippen LogP contribution in [0.3, 0.4) is 0 Å². The minimum atomic E-state index is -1.80. The van der Waals surface area contributed by atoms with E-state index in [1.165, 1.54) is 0 Å². The molecule has 0 heterocycles. The average Bonchev–Trinajstić information content (AvgIpc) is 2.15. The van der Waals surface area contributed by atoms with E-state index in [0.717, 1.165) is 21.7 Å².